The molecule has 1 aliphatic rings. The van der Waals surface area contributed by atoms with Gasteiger partial charge in [-0.25, -0.2) is 8.42 Å². The molecule has 0 amide bonds. The molecule has 2 rings (SSSR count). The van der Waals surface area contributed by atoms with Crippen LogP contribution in [0.3, 0.4) is 0 Å². The molecule has 1 N–H and O–H groups in total. The summed E-state index contributed by atoms with van der Waals surface area (Å²) in [4.78, 5) is 0. The summed E-state index contributed by atoms with van der Waals surface area (Å²) < 4.78 is 28.0. The van der Waals surface area contributed by atoms with Crippen LogP contribution in [0.4, 0.5) is 0 Å². The number of nitriles is 1. The Morgan fingerprint density at radius 2 is 2.15 bits per heavy atom. The number of ether oxygens (including phenoxy) is 1. The van der Waals surface area contributed by atoms with Crippen molar-refractivity contribution in [2.75, 3.05) is 18.1 Å². The van der Waals surface area contributed by atoms with Crippen LogP contribution in [0.2, 0.25) is 0 Å². The third-order valence-electron chi connectivity index (χ3n) is 3.40. The highest BCUT2D eigenvalue weighted by molar-refractivity contribution is 7.91. The molecule has 6 heteroatoms. The lowest BCUT2D eigenvalue weighted by atomic mass is 10.1. The highest BCUT2D eigenvalue weighted by Gasteiger charge is 2.28. The lowest BCUT2D eigenvalue weighted by molar-refractivity contribution is 0.368. The average Bonchev–Trinajstić information content (AvgIpc) is 2.76. The van der Waals surface area contributed by atoms with Gasteiger partial charge < -0.3 is 10.1 Å². The molecule has 108 valence electrons. The molecule has 0 aromatic heterocycles. The van der Waals surface area contributed by atoms with E-state index in [1.807, 2.05) is 37.3 Å². The fraction of sp³-hybridized carbons (Fsp3) is 0.500. The second kappa shape index (κ2) is 6.25. The van der Waals surface area contributed by atoms with E-state index in [2.05, 4.69) is 5.32 Å². The Morgan fingerprint density at radius 1 is 1.45 bits per heavy atom. The Labute approximate surface area is 119 Å². The van der Waals surface area contributed by atoms with Crippen LogP contribution in [0, 0.1) is 11.3 Å². The summed E-state index contributed by atoms with van der Waals surface area (Å²) in [5.41, 5.74) is 1.07. The van der Waals surface area contributed by atoms with E-state index in [9.17, 15) is 8.42 Å². The van der Waals surface area contributed by atoms with Crippen LogP contribution in [-0.2, 0) is 9.84 Å². The van der Waals surface area contributed by atoms with Gasteiger partial charge in [0.05, 0.1) is 11.5 Å². The Balaban J connectivity index is 1.92. The zero-order valence-electron chi connectivity index (χ0n) is 11.4. The van der Waals surface area contributed by atoms with Crippen LogP contribution in [0.1, 0.15) is 24.9 Å². The van der Waals surface area contributed by atoms with E-state index in [0.29, 0.717) is 12.2 Å². The highest BCUT2D eigenvalue weighted by Crippen LogP contribution is 2.20. The first-order valence-corrected chi connectivity index (χ1v) is 8.38. The maximum atomic E-state index is 11.4. The van der Waals surface area contributed by atoms with Crippen molar-refractivity contribution in [1.82, 2.24) is 5.32 Å². The summed E-state index contributed by atoms with van der Waals surface area (Å²) in [5.74, 6) is 1.16. The molecule has 2 atom stereocenters. The van der Waals surface area contributed by atoms with Gasteiger partial charge in [-0.3, -0.25) is 0 Å². The lowest BCUT2D eigenvalue weighted by Gasteiger charge is -2.19. The molecule has 20 heavy (non-hydrogen) atoms. The van der Waals surface area contributed by atoms with Crippen molar-refractivity contribution in [2.45, 2.75) is 25.4 Å². The molecule has 1 aromatic carbocycles. The van der Waals surface area contributed by atoms with E-state index in [1.165, 1.54) is 0 Å². The molecule has 1 fully saturated rings. The Kier molecular flexibility index (Phi) is 4.63. The molecule has 0 radical (unpaired) electrons. The quantitative estimate of drug-likeness (QED) is 0.888. The van der Waals surface area contributed by atoms with Gasteiger partial charge in [0, 0.05) is 12.1 Å². The second-order valence-electron chi connectivity index (χ2n) is 5.00. The first-order valence-electron chi connectivity index (χ1n) is 6.56. The molecule has 5 nitrogen and oxygen atoms in total. The van der Waals surface area contributed by atoms with Gasteiger partial charge in [-0.2, -0.15) is 5.26 Å². The summed E-state index contributed by atoms with van der Waals surface area (Å²) in [6.07, 6.45) is 0.677. The molecular formula is C14H18N2O3S. The fourth-order valence-corrected chi connectivity index (χ4v) is 4.03. The molecule has 0 saturated carbocycles. The van der Waals surface area contributed by atoms with E-state index in [1.54, 1.807) is 0 Å². The van der Waals surface area contributed by atoms with Crippen molar-refractivity contribution in [2.24, 2.45) is 0 Å². The van der Waals surface area contributed by atoms with Gasteiger partial charge in [0.15, 0.2) is 16.4 Å². The second-order valence-corrected chi connectivity index (χ2v) is 7.23. The number of nitrogens with zero attached hydrogens (tertiary/aromatic N) is 1. The first kappa shape index (κ1) is 14.8. The van der Waals surface area contributed by atoms with Crippen molar-refractivity contribution < 1.29 is 13.2 Å². The topological polar surface area (TPSA) is 79.2 Å². The fourth-order valence-electron chi connectivity index (χ4n) is 2.34. The molecule has 1 aliphatic heterocycles. The summed E-state index contributed by atoms with van der Waals surface area (Å²) in [5, 5.41) is 11.8. The lowest BCUT2D eigenvalue weighted by Crippen LogP contribution is -2.32. The number of hydrogen-bond donors (Lipinski definition) is 1. The monoisotopic (exact) mass is 294 g/mol. The summed E-state index contributed by atoms with van der Waals surface area (Å²) in [7, 11) is -2.85. The van der Waals surface area contributed by atoms with E-state index in [4.69, 9.17) is 10.00 Å². The van der Waals surface area contributed by atoms with E-state index in [0.717, 1.165) is 5.56 Å². The molecule has 1 aromatic rings. The first-order chi connectivity index (χ1) is 9.50. The van der Waals surface area contributed by atoms with Crippen molar-refractivity contribution >= 4 is 9.84 Å². The van der Waals surface area contributed by atoms with Gasteiger partial charge >= 0.3 is 0 Å². The molecular weight excluding hydrogens is 276 g/mol. The van der Waals surface area contributed by atoms with Crippen molar-refractivity contribution in [3.8, 4) is 11.8 Å². The van der Waals surface area contributed by atoms with Crippen molar-refractivity contribution in [3.05, 3.63) is 29.8 Å². The predicted molar refractivity (Wildman–Crippen MR) is 76.2 cm³/mol. The van der Waals surface area contributed by atoms with E-state index in [-0.39, 0.29) is 30.2 Å². The SMILES string of the molecule is CC(NC1CCS(=O)(=O)C1)c1ccc(OCC#N)cc1. The molecule has 0 spiro atoms. The molecule has 0 aliphatic carbocycles. The summed E-state index contributed by atoms with van der Waals surface area (Å²) >= 11 is 0. The minimum absolute atomic E-state index is 0.0320. The van der Waals surface area contributed by atoms with E-state index >= 15 is 0 Å². The van der Waals surface area contributed by atoms with Gasteiger partial charge in [0.1, 0.15) is 11.8 Å². The van der Waals surface area contributed by atoms with E-state index < -0.39 is 9.84 Å². The van der Waals surface area contributed by atoms with Crippen LogP contribution < -0.4 is 10.1 Å². The minimum atomic E-state index is -2.85. The van der Waals surface area contributed by atoms with Gasteiger partial charge in [0.25, 0.3) is 0 Å². The number of nitrogens with one attached hydrogen (secondary N) is 1. The Morgan fingerprint density at radius 3 is 2.70 bits per heavy atom. The van der Waals surface area contributed by atoms with Gasteiger partial charge in [-0.1, -0.05) is 12.1 Å². The maximum absolute atomic E-state index is 11.4. The number of sulfone groups is 1. The largest absolute Gasteiger partial charge is 0.479 e. The summed E-state index contributed by atoms with van der Waals surface area (Å²) in [6.45, 7) is 2.04. The third kappa shape index (κ3) is 3.95. The zero-order valence-corrected chi connectivity index (χ0v) is 12.2. The van der Waals surface area contributed by atoms with Crippen LogP contribution in [0.15, 0.2) is 24.3 Å². The maximum Gasteiger partial charge on any atom is 0.174 e. The minimum Gasteiger partial charge on any atom is -0.479 e. The zero-order chi connectivity index (χ0) is 14.6. The van der Waals surface area contributed by atoms with Crippen LogP contribution in [0.25, 0.3) is 0 Å². The molecule has 0 bridgehead atoms. The Bertz CT molecular complexity index is 590. The average molecular weight is 294 g/mol. The summed E-state index contributed by atoms with van der Waals surface area (Å²) in [6, 6.07) is 9.51. The predicted octanol–water partition coefficient (Wildman–Crippen LogP) is 1.43. The van der Waals surface area contributed by atoms with Crippen molar-refractivity contribution in [3.63, 3.8) is 0 Å². The number of rotatable bonds is 5. The highest BCUT2D eigenvalue weighted by atomic mass is 32.2. The number of benzene rings is 1. The van der Waals surface area contributed by atoms with Crippen LogP contribution in [-0.4, -0.2) is 32.6 Å². The van der Waals surface area contributed by atoms with Crippen LogP contribution >= 0.6 is 0 Å². The van der Waals surface area contributed by atoms with Crippen LogP contribution in [0.5, 0.6) is 5.75 Å². The smallest absolute Gasteiger partial charge is 0.174 e. The van der Waals surface area contributed by atoms with Gasteiger partial charge in [0.2, 0.25) is 0 Å². The van der Waals surface area contributed by atoms with Gasteiger partial charge in [-0.05, 0) is 31.0 Å². The number of hydrogen-bond acceptors (Lipinski definition) is 5. The normalized spacial score (nSPS) is 22.1. The molecule has 1 heterocycles. The molecule has 1 saturated heterocycles. The third-order valence-corrected chi connectivity index (χ3v) is 5.17. The Hall–Kier alpha value is -1.58. The molecule has 2 unspecified atom stereocenters. The standard InChI is InChI=1S/C14H18N2O3S/c1-11(16-13-6-9-20(17,18)10-13)12-2-4-14(5-3-12)19-8-7-15/h2-5,11,13,16H,6,8-10H2,1H3. The van der Waals surface area contributed by atoms with Crippen molar-refractivity contribution in [1.29, 1.82) is 5.26 Å². The van der Waals surface area contributed by atoms with Gasteiger partial charge in [-0.15, -0.1) is 0 Å².